The van der Waals surface area contributed by atoms with Crippen LogP contribution >= 0.6 is 0 Å². The van der Waals surface area contributed by atoms with E-state index < -0.39 is 11.6 Å². The first kappa shape index (κ1) is 10.5. The van der Waals surface area contributed by atoms with Gasteiger partial charge in [-0.05, 0) is 24.3 Å². The predicted molar refractivity (Wildman–Crippen MR) is 57.9 cm³/mol. The van der Waals surface area contributed by atoms with Crippen molar-refractivity contribution in [2.24, 2.45) is 0 Å². The quantitative estimate of drug-likeness (QED) is 0.860. The van der Waals surface area contributed by atoms with E-state index in [1.807, 2.05) is 18.2 Å². The van der Waals surface area contributed by atoms with Crippen molar-refractivity contribution in [3.8, 4) is 0 Å². The number of hydrogen-bond donors (Lipinski definition) is 1. The minimum Gasteiger partial charge on any atom is -0.379 e. The van der Waals surface area contributed by atoms with Crippen LogP contribution in [0.1, 0.15) is 5.69 Å². The molecule has 0 saturated carbocycles. The lowest BCUT2D eigenvalue weighted by molar-refractivity contribution is 0.584. The molecule has 0 spiro atoms. The van der Waals surface area contributed by atoms with Gasteiger partial charge in [-0.3, -0.25) is 4.98 Å². The molecule has 2 rings (SSSR count). The lowest BCUT2D eigenvalue weighted by Crippen LogP contribution is -2.01. The van der Waals surface area contributed by atoms with Crippen LogP contribution in [0, 0.1) is 11.6 Å². The minimum atomic E-state index is -0.594. The largest absolute Gasteiger partial charge is 0.379 e. The number of nitrogens with one attached hydrogen (secondary N) is 1. The molecular weight excluding hydrogens is 210 g/mol. The molecule has 82 valence electrons. The molecule has 0 amide bonds. The highest BCUT2D eigenvalue weighted by atomic mass is 19.1. The first-order chi connectivity index (χ1) is 7.74. The molecule has 0 bridgehead atoms. The van der Waals surface area contributed by atoms with Crippen molar-refractivity contribution in [1.82, 2.24) is 4.98 Å². The van der Waals surface area contributed by atoms with E-state index in [0.29, 0.717) is 12.2 Å². The number of halogens is 2. The third kappa shape index (κ3) is 2.76. The predicted octanol–water partition coefficient (Wildman–Crippen LogP) is 2.97. The number of benzene rings is 1. The van der Waals surface area contributed by atoms with E-state index in [-0.39, 0.29) is 0 Å². The SMILES string of the molecule is Fc1cc(F)cc(NCc2ccccn2)c1. The van der Waals surface area contributed by atoms with Crippen molar-refractivity contribution >= 4 is 5.69 Å². The molecule has 0 atom stereocenters. The Bertz CT molecular complexity index is 451. The zero-order chi connectivity index (χ0) is 11.4. The summed E-state index contributed by atoms with van der Waals surface area (Å²) in [6.07, 6.45) is 1.67. The first-order valence-corrected chi connectivity index (χ1v) is 4.84. The summed E-state index contributed by atoms with van der Waals surface area (Å²) in [5.41, 5.74) is 1.22. The Morgan fingerprint density at radius 1 is 1.06 bits per heavy atom. The number of hydrogen-bond acceptors (Lipinski definition) is 2. The zero-order valence-corrected chi connectivity index (χ0v) is 8.45. The van der Waals surface area contributed by atoms with Crippen LogP contribution < -0.4 is 5.32 Å². The molecule has 1 aromatic heterocycles. The average molecular weight is 220 g/mol. The van der Waals surface area contributed by atoms with E-state index >= 15 is 0 Å². The van der Waals surface area contributed by atoms with E-state index in [2.05, 4.69) is 10.3 Å². The van der Waals surface area contributed by atoms with E-state index in [4.69, 9.17) is 0 Å². The Labute approximate surface area is 92.0 Å². The van der Waals surface area contributed by atoms with E-state index in [1.54, 1.807) is 6.20 Å². The minimum absolute atomic E-state index is 0.406. The van der Waals surface area contributed by atoms with Gasteiger partial charge in [0.05, 0.1) is 12.2 Å². The normalized spacial score (nSPS) is 10.1. The summed E-state index contributed by atoms with van der Waals surface area (Å²) < 4.78 is 25.7. The number of aromatic nitrogens is 1. The molecule has 0 fully saturated rings. The van der Waals surface area contributed by atoms with Crippen LogP contribution in [0.5, 0.6) is 0 Å². The molecule has 0 aliphatic heterocycles. The molecule has 0 unspecified atom stereocenters. The Balaban J connectivity index is 2.05. The molecule has 1 aromatic carbocycles. The fourth-order valence-electron chi connectivity index (χ4n) is 1.35. The van der Waals surface area contributed by atoms with Crippen LogP contribution in [0.3, 0.4) is 0 Å². The van der Waals surface area contributed by atoms with Crippen molar-refractivity contribution in [3.05, 3.63) is 59.9 Å². The topological polar surface area (TPSA) is 24.9 Å². The molecule has 1 N–H and O–H groups in total. The van der Waals surface area contributed by atoms with Gasteiger partial charge in [0.15, 0.2) is 0 Å². The van der Waals surface area contributed by atoms with Crippen LogP contribution in [0.15, 0.2) is 42.6 Å². The van der Waals surface area contributed by atoms with Gasteiger partial charge in [-0.25, -0.2) is 8.78 Å². The first-order valence-electron chi connectivity index (χ1n) is 4.84. The van der Waals surface area contributed by atoms with Gasteiger partial charge in [0.2, 0.25) is 0 Å². The van der Waals surface area contributed by atoms with Crippen LogP contribution in [0.2, 0.25) is 0 Å². The molecule has 4 heteroatoms. The zero-order valence-electron chi connectivity index (χ0n) is 8.45. The van der Waals surface area contributed by atoms with Crippen LogP contribution in [-0.4, -0.2) is 4.98 Å². The summed E-state index contributed by atoms with van der Waals surface area (Å²) in [5.74, 6) is -1.19. The van der Waals surface area contributed by atoms with Gasteiger partial charge in [-0.1, -0.05) is 6.07 Å². The maximum absolute atomic E-state index is 12.9. The molecule has 1 heterocycles. The molecule has 0 saturated heterocycles. The molecule has 0 aliphatic carbocycles. The van der Waals surface area contributed by atoms with Crippen molar-refractivity contribution in [2.45, 2.75) is 6.54 Å². The van der Waals surface area contributed by atoms with Gasteiger partial charge in [0.1, 0.15) is 11.6 Å². The second kappa shape index (κ2) is 4.70. The van der Waals surface area contributed by atoms with E-state index in [9.17, 15) is 8.78 Å². The molecule has 0 radical (unpaired) electrons. The molecular formula is C12H10F2N2. The van der Waals surface area contributed by atoms with Gasteiger partial charge in [0.25, 0.3) is 0 Å². The maximum Gasteiger partial charge on any atom is 0.128 e. The summed E-state index contributed by atoms with van der Waals surface area (Å²) in [6.45, 7) is 0.434. The van der Waals surface area contributed by atoms with Crippen LogP contribution in [-0.2, 0) is 6.54 Å². The number of anilines is 1. The average Bonchev–Trinajstić information content (AvgIpc) is 2.27. The monoisotopic (exact) mass is 220 g/mol. The highest BCUT2D eigenvalue weighted by molar-refractivity contribution is 5.43. The Kier molecular flexibility index (Phi) is 3.10. The summed E-state index contributed by atoms with van der Waals surface area (Å²) in [6, 6.07) is 8.83. The van der Waals surface area contributed by atoms with Crippen molar-refractivity contribution in [1.29, 1.82) is 0 Å². The van der Waals surface area contributed by atoms with Gasteiger partial charge in [-0.2, -0.15) is 0 Å². The Morgan fingerprint density at radius 2 is 1.81 bits per heavy atom. The van der Waals surface area contributed by atoms with E-state index in [0.717, 1.165) is 11.8 Å². The fourth-order valence-corrected chi connectivity index (χ4v) is 1.35. The smallest absolute Gasteiger partial charge is 0.128 e. The van der Waals surface area contributed by atoms with Gasteiger partial charge < -0.3 is 5.32 Å². The van der Waals surface area contributed by atoms with Crippen molar-refractivity contribution in [3.63, 3.8) is 0 Å². The second-order valence-corrected chi connectivity index (χ2v) is 3.33. The molecule has 0 aliphatic rings. The summed E-state index contributed by atoms with van der Waals surface area (Å²) >= 11 is 0. The van der Waals surface area contributed by atoms with Gasteiger partial charge in [0, 0.05) is 18.0 Å². The van der Waals surface area contributed by atoms with E-state index in [1.165, 1.54) is 12.1 Å². The molecule has 16 heavy (non-hydrogen) atoms. The van der Waals surface area contributed by atoms with Gasteiger partial charge in [-0.15, -0.1) is 0 Å². The third-order valence-corrected chi connectivity index (χ3v) is 2.06. The molecule has 2 aromatic rings. The van der Waals surface area contributed by atoms with Crippen LogP contribution in [0.25, 0.3) is 0 Å². The highest BCUT2D eigenvalue weighted by Crippen LogP contribution is 2.13. The summed E-state index contributed by atoms with van der Waals surface area (Å²) in [4.78, 5) is 4.09. The molecule has 2 nitrogen and oxygen atoms in total. The standard InChI is InChI=1S/C12H10F2N2/c13-9-5-10(14)7-12(6-9)16-8-11-3-1-2-4-15-11/h1-7,16H,8H2. The number of nitrogens with zero attached hydrogens (tertiary/aromatic N) is 1. The lowest BCUT2D eigenvalue weighted by Gasteiger charge is -2.05. The number of pyridine rings is 1. The fraction of sp³-hybridized carbons (Fsp3) is 0.0833. The Morgan fingerprint density at radius 3 is 2.44 bits per heavy atom. The number of rotatable bonds is 3. The summed E-state index contributed by atoms with van der Waals surface area (Å²) in [7, 11) is 0. The lowest BCUT2D eigenvalue weighted by atomic mass is 10.3. The van der Waals surface area contributed by atoms with Crippen molar-refractivity contribution in [2.75, 3.05) is 5.32 Å². The maximum atomic E-state index is 12.9. The van der Waals surface area contributed by atoms with Crippen LogP contribution in [0.4, 0.5) is 14.5 Å². The highest BCUT2D eigenvalue weighted by Gasteiger charge is 2.00. The third-order valence-electron chi connectivity index (χ3n) is 2.06. The van der Waals surface area contributed by atoms with Crippen molar-refractivity contribution < 1.29 is 8.78 Å². The van der Waals surface area contributed by atoms with Gasteiger partial charge >= 0.3 is 0 Å². The summed E-state index contributed by atoms with van der Waals surface area (Å²) in [5, 5.41) is 2.90. The second-order valence-electron chi connectivity index (χ2n) is 3.33. The Hall–Kier alpha value is -1.97.